The van der Waals surface area contributed by atoms with Gasteiger partial charge in [-0.1, -0.05) is 42.5 Å². The van der Waals surface area contributed by atoms with Crippen LogP contribution in [0.4, 0.5) is 4.39 Å². The van der Waals surface area contributed by atoms with Gasteiger partial charge in [0.1, 0.15) is 11.4 Å². The van der Waals surface area contributed by atoms with Crippen LogP contribution in [0.1, 0.15) is 39.6 Å². The molecule has 3 aromatic carbocycles. The molecule has 178 valence electrons. The highest BCUT2D eigenvalue weighted by atomic mass is 127. The average Bonchev–Trinajstić information content (AvgIpc) is 2.84. The first-order valence-corrected chi connectivity index (χ1v) is 12.1. The van der Waals surface area contributed by atoms with Crippen LogP contribution in [-0.4, -0.2) is 28.0 Å². The van der Waals surface area contributed by atoms with Crippen molar-refractivity contribution in [1.29, 1.82) is 0 Å². The predicted octanol–water partition coefficient (Wildman–Crippen LogP) is 5.39. The molecule has 35 heavy (non-hydrogen) atoms. The van der Waals surface area contributed by atoms with Gasteiger partial charge in [-0.3, -0.25) is 9.59 Å². The molecule has 0 spiro atoms. The van der Waals surface area contributed by atoms with E-state index in [2.05, 4.69) is 32.9 Å². The maximum absolute atomic E-state index is 14.6. The number of carboxylic acid groups (broad SMARTS) is 1. The number of rotatable bonds is 7. The number of hydrogen-bond acceptors (Lipinski definition) is 3. The van der Waals surface area contributed by atoms with Crippen molar-refractivity contribution >= 4 is 45.4 Å². The molecular formula is C27H22FIN2O4. The molecule has 8 heteroatoms. The molecule has 0 saturated heterocycles. The Kier molecular flexibility index (Phi) is 7.30. The third-order valence-corrected chi connectivity index (χ3v) is 7.07. The highest BCUT2D eigenvalue weighted by Gasteiger charge is 2.17. The number of carbonyl (C=O) groups excluding carboxylic acids is 1. The molecule has 4 aromatic rings. The first kappa shape index (κ1) is 24.6. The lowest BCUT2D eigenvalue weighted by molar-refractivity contribution is 0.0695. The number of amides is 1. The van der Waals surface area contributed by atoms with Crippen LogP contribution in [0, 0.1) is 9.39 Å². The minimum Gasteiger partial charge on any atom is -0.477 e. The SMILES string of the molecule is C[C@@H](CCc1ccc2[nH]cc(C(=O)O)c(=O)c2c1I)NC(=O)c1ccc(-c2ccccc2)c(F)c1. The summed E-state index contributed by atoms with van der Waals surface area (Å²) >= 11 is 2.06. The van der Waals surface area contributed by atoms with Crippen LogP contribution in [0.2, 0.25) is 0 Å². The monoisotopic (exact) mass is 584 g/mol. The zero-order chi connectivity index (χ0) is 25.1. The van der Waals surface area contributed by atoms with E-state index >= 15 is 0 Å². The molecule has 1 heterocycles. The Labute approximate surface area is 214 Å². The lowest BCUT2D eigenvalue weighted by Crippen LogP contribution is -2.33. The van der Waals surface area contributed by atoms with Crippen molar-refractivity contribution in [1.82, 2.24) is 10.3 Å². The first-order valence-electron chi connectivity index (χ1n) is 11.0. The number of carbonyl (C=O) groups is 2. The lowest BCUT2D eigenvalue weighted by Gasteiger charge is -2.15. The van der Waals surface area contributed by atoms with Gasteiger partial charge in [-0.05, 0) is 71.7 Å². The molecule has 0 saturated carbocycles. The lowest BCUT2D eigenvalue weighted by atomic mass is 10.0. The number of pyridine rings is 1. The van der Waals surface area contributed by atoms with Gasteiger partial charge in [-0.2, -0.15) is 0 Å². The largest absolute Gasteiger partial charge is 0.477 e. The van der Waals surface area contributed by atoms with Crippen LogP contribution in [0.5, 0.6) is 0 Å². The summed E-state index contributed by atoms with van der Waals surface area (Å²) in [5, 5.41) is 12.5. The third kappa shape index (κ3) is 5.27. The molecule has 0 aliphatic carbocycles. The second kappa shape index (κ2) is 10.4. The Balaban J connectivity index is 1.45. The van der Waals surface area contributed by atoms with E-state index in [1.165, 1.54) is 12.3 Å². The maximum Gasteiger partial charge on any atom is 0.341 e. The number of halogens is 2. The Morgan fingerprint density at radius 1 is 1.11 bits per heavy atom. The van der Waals surface area contributed by atoms with E-state index in [0.29, 0.717) is 32.9 Å². The van der Waals surface area contributed by atoms with Crippen LogP contribution in [-0.2, 0) is 6.42 Å². The number of benzene rings is 3. The smallest absolute Gasteiger partial charge is 0.341 e. The van der Waals surface area contributed by atoms with Gasteiger partial charge in [0.2, 0.25) is 5.43 Å². The van der Waals surface area contributed by atoms with Gasteiger partial charge < -0.3 is 15.4 Å². The Morgan fingerprint density at radius 3 is 2.54 bits per heavy atom. The first-order chi connectivity index (χ1) is 16.8. The molecule has 0 fully saturated rings. The summed E-state index contributed by atoms with van der Waals surface area (Å²) in [6.07, 6.45) is 2.34. The predicted molar refractivity (Wildman–Crippen MR) is 141 cm³/mol. The number of aromatic nitrogens is 1. The summed E-state index contributed by atoms with van der Waals surface area (Å²) in [7, 11) is 0. The van der Waals surface area contributed by atoms with E-state index in [0.717, 1.165) is 11.1 Å². The Bertz CT molecular complexity index is 1480. The summed E-state index contributed by atoms with van der Waals surface area (Å²) < 4.78 is 15.3. The summed E-state index contributed by atoms with van der Waals surface area (Å²) in [5.74, 6) is -2.11. The molecule has 3 N–H and O–H groups in total. The minimum absolute atomic E-state index is 0.213. The summed E-state index contributed by atoms with van der Waals surface area (Å²) in [6.45, 7) is 1.86. The average molecular weight is 584 g/mol. The highest BCUT2D eigenvalue weighted by Crippen LogP contribution is 2.24. The molecule has 1 amide bonds. The number of carboxylic acids is 1. The van der Waals surface area contributed by atoms with Crippen molar-refractivity contribution < 1.29 is 19.1 Å². The second-order valence-electron chi connectivity index (χ2n) is 8.27. The fraction of sp³-hybridized carbons (Fsp3) is 0.148. The molecule has 1 atom stereocenters. The van der Waals surface area contributed by atoms with E-state index in [1.54, 1.807) is 18.2 Å². The van der Waals surface area contributed by atoms with Crippen molar-refractivity contribution in [3.05, 3.63) is 103 Å². The molecule has 0 aliphatic rings. The van der Waals surface area contributed by atoms with Crippen LogP contribution >= 0.6 is 22.6 Å². The zero-order valence-corrected chi connectivity index (χ0v) is 20.9. The van der Waals surface area contributed by atoms with Gasteiger partial charge in [0, 0.05) is 26.9 Å². The van der Waals surface area contributed by atoms with Crippen molar-refractivity contribution in [2.45, 2.75) is 25.8 Å². The number of H-pyrrole nitrogens is 1. The second-order valence-corrected chi connectivity index (χ2v) is 9.35. The fourth-order valence-electron chi connectivity index (χ4n) is 3.92. The van der Waals surface area contributed by atoms with Gasteiger partial charge in [-0.25, -0.2) is 9.18 Å². The molecule has 1 aromatic heterocycles. The number of aromatic carboxylic acids is 1. The molecule has 0 bridgehead atoms. The molecule has 0 radical (unpaired) electrons. The van der Waals surface area contributed by atoms with E-state index < -0.39 is 17.2 Å². The summed E-state index contributed by atoms with van der Waals surface area (Å²) in [4.78, 5) is 39.5. The van der Waals surface area contributed by atoms with E-state index in [9.17, 15) is 23.9 Å². The Hall–Kier alpha value is -3.53. The number of aromatic amines is 1. The van der Waals surface area contributed by atoms with E-state index in [-0.39, 0.29) is 23.1 Å². The normalized spacial score (nSPS) is 11.9. The zero-order valence-electron chi connectivity index (χ0n) is 18.8. The van der Waals surface area contributed by atoms with Crippen LogP contribution in [0.3, 0.4) is 0 Å². The van der Waals surface area contributed by atoms with Gasteiger partial charge >= 0.3 is 5.97 Å². The van der Waals surface area contributed by atoms with Crippen LogP contribution in [0.25, 0.3) is 22.0 Å². The quantitative estimate of drug-likeness (QED) is 0.254. The van der Waals surface area contributed by atoms with Crippen molar-refractivity contribution in [3.8, 4) is 11.1 Å². The number of fused-ring (bicyclic) bond motifs is 1. The maximum atomic E-state index is 14.6. The van der Waals surface area contributed by atoms with Gasteiger partial charge in [-0.15, -0.1) is 0 Å². The van der Waals surface area contributed by atoms with E-state index in [4.69, 9.17) is 0 Å². The summed E-state index contributed by atoms with van der Waals surface area (Å²) in [6, 6.07) is 17.0. The number of hydrogen-bond donors (Lipinski definition) is 3. The van der Waals surface area contributed by atoms with Crippen LogP contribution in [0.15, 0.2) is 71.7 Å². The highest BCUT2D eigenvalue weighted by molar-refractivity contribution is 14.1. The van der Waals surface area contributed by atoms with Crippen molar-refractivity contribution in [2.24, 2.45) is 0 Å². The van der Waals surface area contributed by atoms with Gasteiger partial charge in [0.25, 0.3) is 5.91 Å². The molecule has 6 nitrogen and oxygen atoms in total. The van der Waals surface area contributed by atoms with E-state index in [1.807, 2.05) is 43.3 Å². The number of aryl methyl sites for hydroxylation is 1. The third-order valence-electron chi connectivity index (χ3n) is 5.84. The molecule has 0 aliphatic heterocycles. The van der Waals surface area contributed by atoms with Crippen molar-refractivity contribution in [2.75, 3.05) is 0 Å². The van der Waals surface area contributed by atoms with Gasteiger partial charge in [0.05, 0.1) is 10.9 Å². The fourth-order valence-corrected chi connectivity index (χ4v) is 4.91. The van der Waals surface area contributed by atoms with Crippen LogP contribution < -0.4 is 10.7 Å². The van der Waals surface area contributed by atoms with Gasteiger partial charge in [0.15, 0.2) is 0 Å². The topological polar surface area (TPSA) is 99.3 Å². The van der Waals surface area contributed by atoms with Crippen molar-refractivity contribution in [3.63, 3.8) is 0 Å². The molecular weight excluding hydrogens is 562 g/mol. The number of nitrogens with one attached hydrogen (secondary N) is 2. The summed E-state index contributed by atoms with van der Waals surface area (Å²) in [5.41, 5.74) is 2.02. The standard InChI is InChI=1S/C27H22FIN2O4/c1-15(31-26(33)18-9-11-19(21(28)13-18)16-5-3-2-4-6-16)7-8-17-10-12-22-23(24(17)29)25(32)20(14-30-22)27(34)35/h2-6,9-15H,7-8H2,1H3,(H,30,32)(H,31,33)(H,34,35)/t15-/m0/s1. The molecule has 0 unspecified atom stereocenters. The Morgan fingerprint density at radius 2 is 1.86 bits per heavy atom. The molecule has 4 rings (SSSR count). The minimum atomic E-state index is -1.28.